The minimum atomic E-state index is 0.461. The summed E-state index contributed by atoms with van der Waals surface area (Å²) in [6.45, 7) is 7.53. The molecule has 2 fully saturated rings. The van der Waals surface area contributed by atoms with Crippen molar-refractivity contribution in [1.29, 1.82) is 0 Å². The highest BCUT2D eigenvalue weighted by molar-refractivity contribution is 5.27. The molecule has 0 amide bonds. The highest BCUT2D eigenvalue weighted by atomic mass is 16.5. The minimum absolute atomic E-state index is 0.461. The summed E-state index contributed by atoms with van der Waals surface area (Å²) < 4.78 is 5.62. The molecule has 0 bridgehead atoms. The summed E-state index contributed by atoms with van der Waals surface area (Å²) in [7, 11) is 0. The lowest BCUT2D eigenvalue weighted by molar-refractivity contribution is 0.00102. The van der Waals surface area contributed by atoms with Gasteiger partial charge in [0.1, 0.15) is 0 Å². The Morgan fingerprint density at radius 3 is 2.55 bits per heavy atom. The summed E-state index contributed by atoms with van der Waals surface area (Å²) in [4.78, 5) is 0. The number of ether oxygens (including phenoxy) is 1. The fourth-order valence-electron chi connectivity index (χ4n) is 3.80. The second-order valence-electron chi connectivity index (χ2n) is 6.87. The molecule has 1 saturated carbocycles. The average molecular weight is 273 g/mol. The Hall–Kier alpha value is -0.860. The highest BCUT2D eigenvalue weighted by Crippen LogP contribution is 2.60. The van der Waals surface area contributed by atoms with Gasteiger partial charge in [0.25, 0.3) is 0 Å². The van der Waals surface area contributed by atoms with E-state index in [4.69, 9.17) is 4.74 Å². The minimum Gasteiger partial charge on any atom is -0.381 e. The molecular weight excluding hydrogens is 246 g/mol. The van der Waals surface area contributed by atoms with Crippen LogP contribution in [-0.4, -0.2) is 25.8 Å². The number of nitrogens with one attached hydrogen (secondary N) is 1. The zero-order valence-electron chi connectivity index (χ0n) is 12.8. The lowest BCUT2D eigenvalue weighted by Crippen LogP contribution is -2.43. The van der Waals surface area contributed by atoms with Crippen molar-refractivity contribution >= 4 is 0 Å². The van der Waals surface area contributed by atoms with Gasteiger partial charge in [0, 0.05) is 25.8 Å². The van der Waals surface area contributed by atoms with Gasteiger partial charge in [0.15, 0.2) is 0 Å². The summed E-state index contributed by atoms with van der Waals surface area (Å²) in [5, 5.41) is 3.69. The van der Waals surface area contributed by atoms with Gasteiger partial charge in [-0.05, 0) is 42.1 Å². The summed E-state index contributed by atoms with van der Waals surface area (Å²) in [6, 6.07) is 11.6. The lowest BCUT2D eigenvalue weighted by atomic mass is 9.74. The highest BCUT2D eigenvalue weighted by Gasteiger charge is 2.53. The number of hydrogen-bond acceptors (Lipinski definition) is 2. The molecule has 0 spiro atoms. The van der Waals surface area contributed by atoms with Crippen LogP contribution in [0, 0.1) is 11.3 Å². The van der Waals surface area contributed by atoms with Gasteiger partial charge in [-0.2, -0.15) is 0 Å². The smallest absolute Gasteiger partial charge is 0.0471 e. The van der Waals surface area contributed by atoms with Gasteiger partial charge in [0.05, 0.1) is 0 Å². The third-order valence-corrected chi connectivity index (χ3v) is 5.16. The van der Waals surface area contributed by atoms with E-state index in [0.29, 0.717) is 11.5 Å². The van der Waals surface area contributed by atoms with Gasteiger partial charge in [0.2, 0.25) is 0 Å². The van der Waals surface area contributed by atoms with Crippen LogP contribution < -0.4 is 5.32 Å². The van der Waals surface area contributed by atoms with E-state index in [1.807, 2.05) is 0 Å². The Bertz CT molecular complexity index is 422. The number of hydrogen-bond donors (Lipinski definition) is 1. The van der Waals surface area contributed by atoms with Crippen molar-refractivity contribution in [3.8, 4) is 0 Å². The molecule has 2 atom stereocenters. The van der Waals surface area contributed by atoms with E-state index in [1.165, 1.54) is 24.8 Å². The molecule has 2 nitrogen and oxygen atoms in total. The molecule has 1 aromatic carbocycles. The van der Waals surface area contributed by atoms with Crippen molar-refractivity contribution in [2.24, 2.45) is 11.3 Å². The van der Waals surface area contributed by atoms with E-state index in [2.05, 4.69) is 49.5 Å². The van der Waals surface area contributed by atoms with Gasteiger partial charge >= 0.3 is 0 Å². The van der Waals surface area contributed by atoms with E-state index in [1.54, 1.807) is 0 Å². The second kappa shape index (κ2) is 5.87. The molecule has 1 aliphatic carbocycles. The van der Waals surface area contributed by atoms with Crippen molar-refractivity contribution in [2.75, 3.05) is 19.8 Å². The molecule has 3 rings (SSSR count). The molecule has 1 aromatic rings. The molecule has 0 aromatic heterocycles. The monoisotopic (exact) mass is 273 g/mol. The fraction of sp³-hybridized carbons (Fsp3) is 0.667. The fourth-order valence-corrected chi connectivity index (χ4v) is 3.80. The van der Waals surface area contributed by atoms with Gasteiger partial charge in [-0.1, -0.05) is 44.2 Å². The molecule has 1 aliphatic heterocycles. The molecule has 2 aliphatic rings. The van der Waals surface area contributed by atoms with E-state index in [-0.39, 0.29) is 0 Å². The maximum absolute atomic E-state index is 5.62. The van der Waals surface area contributed by atoms with E-state index in [0.717, 1.165) is 31.6 Å². The summed E-state index contributed by atoms with van der Waals surface area (Å²) in [5.74, 6) is 1.63. The van der Waals surface area contributed by atoms with Crippen molar-refractivity contribution < 1.29 is 4.74 Å². The largest absolute Gasteiger partial charge is 0.381 e. The number of rotatable bonds is 5. The topological polar surface area (TPSA) is 21.3 Å². The van der Waals surface area contributed by atoms with Crippen molar-refractivity contribution in [1.82, 2.24) is 5.32 Å². The van der Waals surface area contributed by atoms with E-state index in [9.17, 15) is 0 Å². The Morgan fingerprint density at radius 1 is 1.20 bits per heavy atom. The predicted octanol–water partition coefficient (Wildman–Crippen LogP) is 3.58. The van der Waals surface area contributed by atoms with Crippen molar-refractivity contribution in [2.45, 2.75) is 45.1 Å². The molecule has 2 heteroatoms. The molecular formula is C18H27NO. The normalized spacial score (nSPS) is 28.6. The maximum atomic E-state index is 5.62. The average Bonchev–Trinajstić information content (AvgIpc) is 3.28. The van der Waals surface area contributed by atoms with Crippen LogP contribution in [0.5, 0.6) is 0 Å². The number of benzene rings is 1. The van der Waals surface area contributed by atoms with Gasteiger partial charge in [-0.25, -0.2) is 0 Å². The first-order chi connectivity index (χ1) is 9.71. The molecule has 1 heterocycles. The summed E-state index contributed by atoms with van der Waals surface area (Å²) >= 11 is 0. The van der Waals surface area contributed by atoms with Crippen LogP contribution in [-0.2, 0) is 4.74 Å². The van der Waals surface area contributed by atoms with Crippen LogP contribution in [0.2, 0.25) is 0 Å². The quantitative estimate of drug-likeness (QED) is 0.885. The van der Waals surface area contributed by atoms with Crippen molar-refractivity contribution in [3.05, 3.63) is 35.9 Å². The van der Waals surface area contributed by atoms with Crippen LogP contribution >= 0.6 is 0 Å². The third kappa shape index (κ3) is 2.91. The Balaban J connectivity index is 1.71. The Morgan fingerprint density at radius 2 is 1.90 bits per heavy atom. The molecule has 20 heavy (non-hydrogen) atoms. The molecule has 1 N–H and O–H groups in total. The summed E-state index contributed by atoms with van der Waals surface area (Å²) in [6.07, 6.45) is 3.81. The van der Waals surface area contributed by atoms with Gasteiger partial charge in [-0.15, -0.1) is 0 Å². The van der Waals surface area contributed by atoms with Crippen molar-refractivity contribution in [3.63, 3.8) is 0 Å². The maximum Gasteiger partial charge on any atom is 0.0471 e. The Labute approximate surface area is 122 Å². The van der Waals surface area contributed by atoms with E-state index >= 15 is 0 Å². The summed E-state index contributed by atoms with van der Waals surface area (Å²) in [5.41, 5.74) is 2.00. The molecule has 110 valence electrons. The van der Waals surface area contributed by atoms with Crippen LogP contribution in [0.1, 0.15) is 44.6 Å². The zero-order valence-corrected chi connectivity index (χ0v) is 12.8. The first-order valence-corrected chi connectivity index (χ1v) is 8.07. The van der Waals surface area contributed by atoms with E-state index < -0.39 is 0 Å². The third-order valence-electron chi connectivity index (χ3n) is 5.16. The predicted molar refractivity (Wildman–Crippen MR) is 82.9 cm³/mol. The van der Waals surface area contributed by atoms with Crippen LogP contribution in [0.25, 0.3) is 0 Å². The second-order valence-corrected chi connectivity index (χ2v) is 6.87. The Kier molecular flexibility index (Phi) is 4.13. The first kappa shape index (κ1) is 14.1. The van der Waals surface area contributed by atoms with Crippen LogP contribution in [0.3, 0.4) is 0 Å². The van der Waals surface area contributed by atoms with Gasteiger partial charge in [-0.3, -0.25) is 0 Å². The van der Waals surface area contributed by atoms with Crippen LogP contribution in [0.4, 0.5) is 0 Å². The molecule has 1 saturated heterocycles. The lowest BCUT2D eigenvalue weighted by Gasteiger charge is -2.39. The van der Waals surface area contributed by atoms with Gasteiger partial charge < -0.3 is 10.1 Å². The molecule has 2 unspecified atom stereocenters. The van der Waals surface area contributed by atoms with Crippen LogP contribution in [0.15, 0.2) is 30.3 Å². The molecule has 0 radical (unpaired) electrons. The zero-order chi connectivity index (χ0) is 14.0. The SMILES string of the molecule is CC(C)NCC1(C2CC2c2ccccc2)CCOCC1. The standard InChI is InChI=1S/C18H27NO/c1-14(2)19-13-18(8-10-20-11-9-18)17-12-16(17)15-6-4-3-5-7-15/h3-7,14,16-17,19H,8-13H2,1-2H3. The first-order valence-electron chi connectivity index (χ1n) is 8.07.